The van der Waals surface area contributed by atoms with Gasteiger partial charge in [-0.1, -0.05) is 177 Å². The third kappa shape index (κ3) is 38.1. The number of ether oxygens (including phenoxy) is 2. The van der Waals surface area contributed by atoms with Gasteiger partial charge in [-0.2, -0.15) is 0 Å². The average Bonchev–Trinajstić information content (AvgIpc) is 3.10. The van der Waals surface area contributed by atoms with Gasteiger partial charge in [0.05, 0.1) is 6.10 Å². The number of aliphatic hydroxyl groups is 2. The van der Waals surface area contributed by atoms with E-state index in [4.69, 9.17) is 9.47 Å². The molecule has 2 N–H and O–H groups in total. The minimum atomic E-state index is -1.06. The van der Waals surface area contributed by atoms with Gasteiger partial charge in [-0.25, -0.2) is 0 Å². The lowest BCUT2D eigenvalue weighted by molar-refractivity contribution is -0.152. The summed E-state index contributed by atoms with van der Waals surface area (Å²) in [5.41, 5.74) is 0. The molecule has 0 saturated carbocycles. The Hall–Kier alpha value is -2.70. The van der Waals surface area contributed by atoms with Crippen LogP contribution in [0.2, 0.25) is 0 Å². The first-order chi connectivity index (χ1) is 24.3. The summed E-state index contributed by atoms with van der Waals surface area (Å²) in [6.45, 7) is 6.31. The number of rotatable bonds is 34. The summed E-state index contributed by atoms with van der Waals surface area (Å²) in [5, 5.41) is 20.1. The normalized spacial score (nSPS) is 13.7. The Morgan fingerprint density at radius 1 is 0.520 bits per heavy atom. The van der Waals surface area contributed by atoms with Crippen LogP contribution in [-0.2, 0) is 19.1 Å². The Kier molecular flexibility index (Phi) is 35.5. The molecule has 0 aromatic heterocycles. The fraction of sp³-hybridized carbons (Fsp3) is 0.682. The van der Waals surface area contributed by atoms with Gasteiger partial charge in [-0.3, -0.25) is 9.59 Å². The standard InChI is InChI=1S/C44H74O6/c1-4-5-6-7-8-9-10-11-12-13-16-19-22-25-28-31-34-41(45)36-37-44(48)50-39-42(46)38-49-43(47)35-32-29-26-23-20-17-14-15-18-21-24-27-30-33-40(2)3/h5-6,8-9,11-12,16,19,25,28,31,34,40-42,45-46H,4,7,10,13-15,17-18,20-24,26-27,29-30,32-33,35-39H2,1-3H3/b6-5-,9-8-,12-11-,19-16-,28-25-,34-31-/t41?,42-/m0/s1. The predicted molar refractivity (Wildman–Crippen MR) is 211 cm³/mol. The molecule has 50 heavy (non-hydrogen) atoms. The van der Waals surface area contributed by atoms with Gasteiger partial charge >= 0.3 is 11.9 Å². The maximum Gasteiger partial charge on any atom is 0.305 e. The van der Waals surface area contributed by atoms with Crippen LogP contribution in [0.3, 0.4) is 0 Å². The van der Waals surface area contributed by atoms with Crippen LogP contribution >= 0.6 is 0 Å². The second-order valence-electron chi connectivity index (χ2n) is 13.7. The van der Waals surface area contributed by atoms with E-state index >= 15 is 0 Å². The van der Waals surface area contributed by atoms with Crippen LogP contribution in [0.25, 0.3) is 0 Å². The second kappa shape index (κ2) is 37.6. The third-order valence-corrected chi connectivity index (χ3v) is 8.25. The zero-order valence-electron chi connectivity index (χ0n) is 32.2. The van der Waals surface area contributed by atoms with Gasteiger partial charge in [-0.05, 0) is 50.9 Å². The van der Waals surface area contributed by atoms with E-state index in [2.05, 4.69) is 69.4 Å². The van der Waals surface area contributed by atoms with E-state index < -0.39 is 18.2 Å². The summed E-state index contributed by atoms with van der Waals surface area (Å²) < 4.78 is 10.2. The summed E-state index contributed by atoms with van der Waals surface area (Å²) in [4.78, 5) is 24.0. The molecule has 0 bridgehead atoms. The largest absolute Gasteiger partial charge is 0.463 e. The van der Waals surface area contributed by atoms with Gasteiger partial charge in [0.15, 0.2) is 0 Å². The van der Waals surface area contributed by atoms with Crippen molar-refractivity contribution in [2.24, 2.45) is 5.92 Å². The smallest absolute Gasteiger partial charge is 0.305 e. The van der Waals surface area contributed by atoms with Crippen molar-refractivity contribution in [1.82, 2.24) is 0 Å². The summed E-state index contributed by atoms with van der Waals surface area (Å²) in [6, 6.07) is 0. The zero-order valence-corrected chi connectivity index (χ0v) is 32.2. The molecule has 0 saturated heterocycles. The van der Waals surface area contributed by atoms with Crippen molar-refractivity contribution in [3.63, 3.8) is 0 Å². The Morgan fingerprint density at radius 2 is 0.940 bits per heavy atom. The highest BCUT2D eigenvalue weighted by Gasteiger charge is 2.13. The Labute approximate surface area is 306 Å². The van der Waals surface area contributed by atoms with Crippen molar-refractivity contribution in [2.75, 3.05) is 13.2 Å². The number of unbranched alkanes of at least 4 members (excludes halogenated alkanes) is 12. The molecular formula is C44H74O6. The maximum atomic E-state index is 12.0. The average molecular weight is 699 g/mol. The first-order valence-corrected chi connectivity index (χ1v) is 20.0. The summed E-state index contributed by atoms with van der Waals surface area (Å²) in [7, 11) is 0. The summed E-state index contributed by atoms with van der Waals surface area (Å²) >= 11 is 0. The van der Waals surface area contributed by atoms with E-state index in [1.165, 1.54) is 70.6 Å². The van der Waals surface area contributed by atoms with Gasteiger partial charge in [0.1, 0.15) is 19.3 Å². The van der Waals surface area contributed by atoms with E-state index in [-0.39, 0.29) is 32.0 Å². The van der Waals surface area contributed by atoms with E-state index in [9.17, 15) is 19.8 Å². The van der Waals surface area contributed by atoms with Crippen LogP contribution in [0.4, 0.5) is 0 Å². The molecule has 0 fully saturated rings. The van der Waals surface area contributed by atoms with Crippen LogP contribution in [0.15, 0.2) is 72.9 Å². The summed E-state index contributed by atoms with van der Waals surface area (Å²) in [6.07, 6.45) is 45.8. The van der Waals surface area contributed by atoms with Crippen molar-refractivity contribution in [3.05, 3.63) is 72.9 Å². The Bertz CT molecular complexity index is 958. The quantitative estimate of drug-likeness (QED) is 0.0301. The molecule has 0 amide bonds. The molecule has 0 aliphatic rings. The van der Waals surface area contributed by atoms with Crippen LogP contribution in [-0.4, -0.2) is 47.6 Å². The minimum absolute atomic E-state index is 0.0301. The number of carbonyl (C=O) groups excluding carboxylic acids is 2. The van der Waals surface area contributed by atoms with Crippen LogP contribution in [0, 0.1) is 5.92 Å². The topological polar surface area (TPSA) is 93.1 Å². The fourth-order valence-electron chi connectivity index (χ4n) is 5.20. The van der Waals surface area contributed by atoms with Gasteiger partial charge in [0, 0.05) is 12.8 Å². The molecule has 0 aromatic carbocycles. The highest BCUT2D eigenvalue weighted by atomic mass is 16.6. The molecule has 0 spiro atoms. The Morgan fingerprint density at radius 3 is 1.42 bits per heavy atom. The predicted octanol–water partition coefficient (Wildman–Crippen LogP) is 11.4. The molecule has 0 aliphatic heterocycles. The number of esters is 2. The fourth-order valence-corrected chi connectivity index (χ4v) is 5.20. The molecule has 0 rings (SSSR count). The second-order valence-corrected chi connectivity index (χ2v) is 13.7. The molecule has 1 unspecified atom stereocenters. The number of allylic oxidation sites excluding steroid dienone is 11. The molecule has 6 heteroatoms. The van der Waals surface area contributed by atoms with Gasteiger partial charge < -0.3 is 19.7 Å². The number of hydrogen-bond donors (Lipinski definition) is 2. The minimum Gasteiger partial charge on any atom is -0.463 e. The van der Waals surface area contributed by atoms with Crippen molar-refractivity contribution in [2.45, 2.75) is 174 Å². The molecule has 2 atom stereocenters. The van der Waals surface area contributed by atoms with Crippen molar-refractivity contribution < 1.29 is 29.3 Å². The number of aliphatic hydroxyl groups excluding tert-OH is 2. The van der Waals surface area contributed by atoms with E-state index in [0.29, 0.717) is 6.42 Å². The monoisotopic (exact) mass is 699 g/mol. The van der Waals surface area contributed by atoms with E-state index in [1.807, 2.05) is 12.2 Å². The molecular weight excluding hydrogens is 624 g/mol. The van der Waals surface area contributed by atoms with Crippen molar-refractivity contribution in [3.8, 4) is 0 Å². The molecule has 0 heterocycles. The molecule has 286 valence electrons. The van der Waals surface area contributed by atoms with E-state index in [1.54, 1.807) is 12.2 Å². The van der Waals surface area contributed by atoms with Gasteiger partial charge in [-0.15, -0.1) is 0 Å². The molecule has 0 aromatic rings. The SMILES string of the molecule is CC/C=C\C/C=C\C/C=C\C/C=C\C/C=C\C=C/C(O)CCC(=O)OC[C@@H](O)COC(=O)CCCCCCCCCCCCCCCC(C)C. The van der Waals surface area contributed by atoms with Crippen LogP contribution in [0.1, 0.15) is 162 Å². The van der Waals surface area contributed by atoms with Gasteiger partial charge in [0.25, 0.3) is 0 Å². The third-order valence-electron chi connectivity index (χ3n) is 8.25. The van der Waals surface area contributed by atoms with Crippen LogP contribution in [0.5, 0.6) is 0 Å². The summed E-state index contributed by atoms with van der Waals surface area (Å²) in [5.74, 6) is -0.00485. The lowest BCUT2D eigenvalue weighted by Gasteiger charge is -2.12. The molecule has 0 aliphatic carbocycles. The lowest BCUT2D eigenvalue weighted by atomic mass is 10.0. The molecule has 0 radical (unpaired) electrons. The van der Waals surface area contributed by atoms with Crippen molar-refractivity contribution >= 4 is 11.9 Å². The van der Waals surface area contributed by atoms with E-state index in [0.717, 1.165) is 57.3 Å². The van der Waals surface area contributed by atoms with Crippen molar-refractivity contribution in [1.29, 1.82) is 0 Å². The first kappa shape index (κ1) is 47.3. The highest BCUT2D eigenvalue weighted by molar-refractivity contribution is 5.69. The highest BCUT2D eigenvalue weighted by Crippen LogP contribution is 2.15. The maximum absolute atomic E-state index is 12.0. The number of carbonyl (C=O) groups is 2. The van der Waals surface area contributed by atoms with Gasteiger partial charge in [0.2, 0.25) is 0 Å². The first-order valence-electron chi connectivity index (χ1n) is 20.0. The van der Waals surface area contributed by atoms with Crippen LogP contribution < -0.4 is 0 Å². The molecule has 6 nitrogen and oxygen atoms in total. The lowest BCUT2D eigenvalue weighted by Crippen LogP contribution is -2.25. The Balaban J connectivity index is 3.68. The number of hydrogen-bond acceptors (Lipinski definition) is 6. The zero-order chi connectivity index (χ0) is 36.8.